The van der Waals surface area contributed by atoms with E-state index in [2.05, 4.69) is 36.4 Å². The van der Waals surface area contributed by atoms with Gasteiger partial charge in [0.05, 0.1) is 12.1 Å². The smallest absolute Gasteiger partial charge is 0.187 e. The third-order valence-corrected chi connectivity index (χ3v) is 4.78. The summed E-state index contributed by atoms with van der Waals surface area (Å²) in [6.45, 7) is 11.7. The van der Waals surface area contributed by atoms with Crippen LogP contribution in [0.15, 0.2) is 47.2 Å². The van der Waals surface area contributed by atoms with Gasteiger partial charge in [-0.1, -0.05) is 30.3 Å². The van der Waals surface area contributed by atoms with Crippen molar-refractivity contribution in [3.05, 3.63) is 81.1 Å². The van der Waals surface area contributed by atoms with Gasteiger partial charge >= 0.3 is 0 Å². The first-order valence-electron chi connectivity index (χ1n) is 7.73. The number of nitriles is 1. The highest BCUT2D eigenvalue weighted by molar-refractivity contribution is 9.10. The molecule has 0 aliphatic rings. The fourth-order valence-corrected chi connectivity index (χ4v) is 3.23. The van der Waals surface area contributed by atoms with Crippen LogP contribution in [0.2, 0.25) is 0 Å². The van der Waals surface area contributed by atoms with Gasteiger partial charge in [-0.3, -0.25) is 0 Å². The summed E-state index contributed by atoms with van der Waals surface area (Å²) < 4.78 is 2.94. The van der Waals surface area contributed by atoms with E-state index in [1.807, 2.05) is 44.3 Å². The number of nitrogens with zero attached hydrogens (tertiary/aromatic N) is 4. The molecule has 0 amide bonds. The minimum absolute atomic E-state index is 0.594. The monoisotopic (exact) mass is 390 g/mol. The maximum absolute atomic E-state index is 9.67. The SMILES string of the molecule is [C-]#[N+]c1ccc(-c2c(C#N)c(C)n(Cc3ccc(Br)nc3)c2C)cc1. The van der Waals surface area contributed by atoms with E-state index < -0.39 is 0 Å². The Bertz CT molecular complexity index is 1000. The van der Waals surface area contributed by atoms with Gasteiger partial charge in [0.2, 0.25) is 0 Å². The van der Waals surface area contributed by atoms with Gasteiger partial charge in [0.25, 0.3) is 0 Å². The van der Waals surface area contributed by atoms with Crippen molar-refractivity contribution in [1.82, 2.24) is 9.55 Å². The van der Waals surface area contributed by atoms with Crippen molar-refractivity contribution < 1.29 is 0 Å². The summed E-state index contributed by atoms with van der Waals surface area (Å²) >= 11 is 3.35. The minimum Gasteiger partial charge on any atom is -0.343 e. The average molecular weight is 391 g/mol. The van der Waals surface area contributed by atoms with E-state index in [1.165, 1.54) is 0 Å². The van der Waals surface area contributed by atoms with E-state index in [0.29, 0.717) is 17.8 Å². The summed E-state index contributed by atoms with van der Waals surface area (Å²) in [5, 5.41) is 9.67. The molecule has 3 aromatic rings. The maximum Gasteiger partial charge on any atom is 0.187 e. The molecule has 0 aliphatic heterocycles. The summed E-state index contributed by atoms with van der Waals surface area (Å²) in [4.78, 5) is 7.70. The third-order valence-electron chi connectivity index (χ3n) is 4.31. The molecule has 0 N–H and O–H groups in total. The van der Waals surface area contributed by atoms with E-state index in [9.17, 15) is 5.26 Å². The van der Waals surface area contributed by atoms with Crippen LogP contribution in [0.3, 0.4) is 0 Å². The molecule has 1 aromatic carbocycles. The van der Waals surface area contributed by atoms with Crippen LogP contribution in [0.25, 0.3) is 16.0 Å². The van der Waals surface area contributed by atoms with Crippen molar-refractivity contribution in [3.63, 3.8) is 0 Å². The summed E-state index contributed by atoms with van der Waals surface area (Å²) in [5.41, 5.74) is 6.21. The molecule has 0 saturated heterocycles. The molecule has 0 aliphatic carbocycles. The zero-order chi connectivity index (χ0) is 18.0. The van der Waals surface area contributed by atoms with Crippen LogP contribution in [0.1, 0.15) is 22.5 Å². The maximum atomic E-state index is 9.67. The first-order chi connectivity index (χ1) is 12.0. The predicted octanol–water partition coefficient (Wildman–Crippen LogP) is 5.40. The lowest BCUT2D eigenvalue weighted by Crippen LogP contribution is -2.04. The quantitative estimate of drug-likeness (QED) is 0.443. The standard InChI is InChI=1S/C20H15BrN4/c1-13-18(10-22)20(16-5-7-17(23-3)8-6-16)14(2)25(13)12-15-4-9-19(21)24-11-15/h4-9,11H,12H2,1-2H3. The Morgan fingerprint density at radius 3 is 2.44 bits per heavy atom. The highest BCUT2D eigenvalue weighted by atomic mass is 79.9. The number of rotatable bonds is 3. The highest BCUT2D eigenvalue weighted by Gasteiger charge is 2.19. The van der Waals surface area contributed by atoms with Gasteiger partial charge in [0.15, 0.2) is 5.69 Å². The first-order valence-corrected chi connectivity index (χ1v) is 8.52. The van der Waals surface area contributed by atoms with E-state index in [1.54, 1.807) is 12.1 Å². The number of pyridine rings is 1. The van der Waals surface area contributed by atoms with E-state index in [0.717, 1.165) is 32.7 Å². The second-order valence-electron chi connectivity index (χ2n) is 5.77. The van der Waals surface area contributed by atoms with Crippen molar-refractivity contribution in [2.75, 3.05) is 0 Å². The number of halogens is 1. The summed E-state index contributed by atoms with van der Waals surface area (Å²) in [6.07, 6.45) is 1.83. The molecule has 25 heavy (non-hydrogen) atoms. The topological polar surface area (TPSA) is 46.0 Å². The van der Waals surface area contributed by atoms with Gasteiger partial charge in [0.1, 0.15) is 10.7 Å². The average Bonchev–Trinajstić information content (AvgIpc) is 2.87. The summed E-state index contributed by atoms with van der Waals surface area (Å²) in [5.74, 6) is 0. The normalized spacial score (nSPS) is 10.3. The molecule has 4 nitrogen and oxygen atoms in total. The van der Waals surface area contributed by atoms with Crippen LogP contribution in [0, 0.1) is 31.8 Å². The lowest BCUT2D eigenvalue weighted by atomic mass is 10.0. The van der Waals surface area contributed by atoms with Gasteiger partial charge in [-0.15, -0.1) is 0 Å². The minimum atomic E-state index is 0.594. The number of hydrogen-bond acceptors (Lipinski definition) is 2. The first kappa shape index (κ1) is 17.0. The van der Waals surface area contributed by atoms with Gasteiger partial charge in [-0.2, -0.15) is 5.26 Å². The zero-order valence-electron chi connectivity index (χ0n) is 13.9. The lowest BCUT2D eigenvalue weighted by molar-refractivity contribution is 0.746. The molecule has 0 bridgehead atoms. The summed E-state index contributed by atoms with van der Waals surface area (Å²) in [7, 11) is 0. The van der Waals surface area contributed by atoms with Crippen molar-refractivity contribution in [3.8, 4) is 17.2 Å². The van der Waals surface area contributed by atoms with Crippen LogP contribution in [-0.4, -0.2) is 9.55 Å². The molecule has 3 rings (SSSR count). The predicted molar refractivity (Wildman–Crippen MR) is 101 cm³/mol. The number of aromatic nitrogens is 2. The van der Waals surface area contributed by atoms with Crippen molar-refractivity contribution in [2.45, 2.75) is 20.4 Å². The van der Waals surface area contributed by atoms with Crippen molar-refractivity contribution in [2.24, 2.45) is 0 Å². The van der Waals surface area contributed by atoms with Crippen LogP contribution < -0.4 is 0 Å². The third kappa shape index (κ3) is 3.20. The molecule has 5 heteroatoms. The zero-order valence-corrected chi connectivity index (χ0v) is 15.5. The molecule has 0 saturated carbocycles. The van der Waals surface area contributed by atoms with Crippen LogP contribution in [0.4, 0.5) is 5.69 Å². The van der Waals surface area contributed by atoms with Crippen LogP contribution >= 0.6 is 15.9 Å². The molecular weight excluding hydrogens is 376 g/mol. The Morgan fingerprint density at radius 2 is 1.88 bits per heavy atom. The lowest BCUT2D eigenvalue weighted by Gasteiger charge is -2.10. The fourth-order valence-electron chi connectivity index (χ4n) is 3.00. The molecule has 0 spiro atoms. The Balaban J connectivity index is 2.09. The molecule has 0 atom stereocenters. The van der Waals surface area contributed by atoms with Crippen molar-refractivity contribution in [1.29, 1.82) is 5.26 Å². The van der Waals surface area contributed by atoms with Gasteiger partial charge in [0, 0.05) is 29.7 Å². The Morgan fingerprint density at radius 1 is 1.16 bits per heavy atom. The van der Waals surface area contributed by atoms with Gasteiger partial charge in [-0.25, -0.2) is 9.83 Å². The summed E-state index contributed by atoms with van der Waals surface area (Å²) in [6, 6.07) is 13.7. The highest BCUT2D eigenvalue weighted by Crippen LogP contribution is 2.33. The molecule has 2 aromatic heterocycles. The molecule has 122 valence electrons. The van der Waals surface area contributed by atoms with E-state index in [4.69, 9.17) is 6.57 Å². The second kappa shape index (κ2) is 6.93. The number of hydrogen-bond donors (Lipinski definition) is 0. The molecule has 0 fully saturated rings. The molecular formula is C20H15BrN4. The molecule has 0 unspecified atom stereocenters. The van der Waals surface area contributed by atoms with Crippen molar-refractivity contribution >= 4 is 21.6 Å². The Labute approximate surface area is 155 Å². The van der Waals surface area contributed by atoms with Crippen LogP contribution in [0.5, 0.6) is 0 Å². The number of benzene rings is 1. The molecule has 0 radical (unpaired) electrons. The van der Waals surface area contributed by atoms with E-state index >= 15 is 0 Å². The second-order valence-corrected chi connectivity index (χ2v) is 6.58. The Kier molecular flexibility index (Phi) is 4.70. The Hall–Kier alpha value is -2.89. The van der Waals surface area contributed by atoms with Gasteiger partial charge < -0.3 is 4.57 Å². The molecule has 2 heterocycles. The van der Waals surface area contributed by atoms with Gasteiger partial charge in [-0.05, 0) is 47.0 Å². The fraction of sp³-hybridized carbons (Fsp3) is 0.150. The largest absolute Gasteiger partial charge is 0.343 e. The van der Waals surface area contributed by atoms with Crippen LogP contribution in [-0.2, 0) is 6.54 Å². The van der Waals surface area contributed by atoms with E-state index in [-0.39, 0.29) is 0 Å².